The predicted molar refractivity (Wildman–Crippen MR) is 64.5 cm³/mol. The molecule has 0 aliphatic carbocycles. The van der Waals surface area contributed by atoms with E-state index in [2.05, 4.69) is 4.74 Å². The number of nitrogens with two attached hydrogens (primary N) is 1. The summed E-state index contributed by atoms with van der Waals surface area (Å²) in [5.74, 6) is -0.410. The van der Waals surface area contributed by atoms with E-state index in [-0.39, 0.29) is 5.75 Å². The minimum Gasteiger partial charge on any atom is -0.464 e. The van der Waals surface area contributed by atoms with E-state index in [9.17, 15) is 13.2 Å². The van der Waals surface area contributed by atoms with E-state index in [1.807, 2.05) is 0 Å². The van der Waals surface area contributed by atoms with Crippen LogP contribution in [0.5, 0.6) is 0 Å². The molecule has 0 bridgehead atoms. The van der Waals surface area contributed by atoms with Crippen LogP contribution in [0, 0.1) is 0 Å². The predicted octanol–water partition coefficient (Wildman–Crippen LogP) is 0.292. The third-order valence-corrected chi connectivity index (χ3v) is 3.26. The third kappa shape index (κ3) is 4.10. The number of sulfone groups is 1. The van der Waals surface area contributed by atoms with Gasteiger partial charge in [0.05, 0.1) is 18.6 Å². The topological polar surface area (TPSA) is 91.4 Å². The van der Waals surface area contributed by atoms with Crippen molar-refractivity contribution in [3.05, 3.63) is 18.0 Å². The second kappa shape index (κ2) is 5.22. The highest BCUT2D eigenvalue weighted by Crippen LogP contribution is 2.12. The summed E-state index contributed by atoms with van der Waals surface area (Å²) in [6.07, 6.45) is 3.20. The summed E-state index contributed by atoms with van der Waals surface area (Å²) in [5, 5.41) is 0. The maximum atomic E-state index is 11.4. The lowest BCUT2D eigenvalue weighted by Gasteiger charge is -2.06. The van der Waals surface area contributed by atoms with E-state index < -0.39 is 15.8 Å². The maximum Gasteiger partial charge on any atom is 0.354 e. The minimum absolute atomic E-state index is 0.0751. The fourth-order valence-electron chi connectivity index (χ4n) is 1.49. The number of ether oxygens (including phenoxy) is 1. The van der Waals surface area contributed by atoms with Crippen LogP contribution >= 0.6 is 0 Å². The first-order valence-corrected chi connectivity index (χ1v) is 7.11. The van der Waals surface area contributed by atoms with Crippen molar-refractivity contribution in [2.24, 2.45) is 0 Å². The smallest absolute Gasteiger partial charge is 0.354 e. The second-order valence-electron chi connectivity index (χ2n) is 3.83. The summed E-state index contributed by atoms with van der Waals surface area (Å²) in [6, 6.07) is 1.51. The number of hydrogen-bond acceptors (Lipinski definition) is 5. The van der Waals surface area contributed by atoms with Gasteiger partial charge in [0.15, 0.2) is 0 Å². The van der Waals surface area contributed by atoms with Crippen LogP contribution in [0.2, 0.25) is 0 Å². The fraction of sp³-hybridized carbons (Fsp3) is 0.500. The summed E-state index contributed by atoms with van der Waals surface area (Å²) in [7, 11) is -1.70. The molecular formula is C10H16N2O4S. The van der Waals surface area contributed by atoms with Crippen LogP contribution in [0.3, 0.4) is 0 Å². The molecule has 0 aliphatic heterocycles. The molecule has 1 aromatic rings. The average Bonchev–Trinajstić information content (AvgIpc) is 2.57. The molecule has 1 rings (SSSR count). The molecule has 1 heterocycles. The lowest BCUT2D eigenvalue weighted by atomic mass is 10.4. The van der Waals surface area contributed by atoms with Crippen molar-refractivity contribution < 1.29 is 17.9 Å². The summed E-state index contributed by atoms with van der Waals surface area (Å²) in [5.41, 5.74) is 6.36. The lowest BCUT2D eigenvalue weighted by Crippen LogP contribution is -2.12. The van der Waals surface area contributed by atoms with E-state index in [0.717, 1.165) is 0 Å². The number of hydrogen-bond donors (Lipinski definition) is 1. The number of nitrogens with zero attached hydrogens (tertiary/aromatic N) is 1. The van der Waals surface area contributed by atoms with Gasteiger partial charge in [0.25, 0.3) is 0 Å². The van der Waals surface area contributed by atoms with Crippen molar-refractivity contribution in [3.8, 4) is 0 Å². The van der Waals surface area contributed by atoms with Gasteiger partial charge in [0.1, 0.15) is 15.5 Å². The summed E-state index contributed by atoms with van der Waals surface area (Å²) < 4.78 is 28.2. The molecule has 0 atom stereocenters. The zero-order chi connectivity index (χ0) is 13.1. The number of nitrogen functional groups attached to an aromatic ring is 1. The molecule has 0 aliphatic rings. The molecule has 6 nitrogen and oxygen atoms in total. The number of esters is 1. The number of aromatic nitrogens is 1. The highest BCUT2D eigenvalue weighted by Gasteiger charge is 2.13. The molecule has 96 valence electrons. The summed E-state index contributed by atoms with van der Waals surface area (Å²) in [4.78, 5) is 11.4. The van der Waals surface area contributed by atoms with Gasteiger partial charge in [-0.15, -0.1) is 0 Å². The first-order valence-electron chi connectivity index (χ1n) is 5.05. The van der Waals surface area contributed by atoms with Crippen LogP contribution in [-0.2, 0) is 21.1 Å². The van der Waals surface area contributed by atoms with Crippen LogP contribution in [0.1, 0.15) is 16.9 Å². The number of methoxy groups -OCH3 is 1. The van der Waals surface area contributed by atoms with E-state index in [4.69, 9.17) is 5.73 Å². The maximum absolute atomic E-state index is 11.4. The van der Waals surface area contributed by atoms with Crippen LogP contribution in [-0.4, -0.2) is 38.1 Å². The normalized spacial score (nSPS) is 11.4. The Labute approximate surface area is 100 Å². The van der Waals surface area contributed by atoms with Crippen LogP contribution in [0.15, 0.2) is 12.3 Å². The zero-order valence-electron chi connectivity index (χ0n) is 9.84. The number of carbonyl (C=O) groups excluding carboxylic acids is 1. The van der Waals surface area contributed by atoms with Gasteiger partial charge >= 0.3 is 5.97 Å². The molecule has 0 spiro atoms. The molecule has 2 N–H and O–H groups in total. The van der Waals surface area contributed by atoms with Gasteiger partial charge in [-0.05, 0) is 12.5 Å². The Morgan fingerprint density at radius 2 is 2.18 bits per heavy atom. The van der Waals surface area contributed by atoms with Gasteiger partial charge in [-0.25, -0.2) is 13.2 Å². The second-order valence-corrected chi connectivity index (χ2v) is 6.09. The van der Waals surface area contributed by atoms with Crippen LogP contribution < -0.4 is 5.73 Å². The molecule has 0 amide bonds. The molecule has 1 aromatic heterocycles. The average molecular weight is 260 g/mol. The monoisotopic (exact) mass is 260 g/mol. The minimum atomic E-state index is -2.99. The summed E-state index contributed by atoms with van der Waals surface area (Å²) >= 11 is 0. The Hall–Kier alpha value is -1.50. The molecule has 0 aromatic carbocycles. The quantitative estimate of drug-likeness (QED) is 0.768. The first kappa shape index (κ1) is 13.6. The van der Waals surface area contributed by atoms with E-state index >= 15 is 0 Å². The highest BCUT2D eigenvalue weighted by molar-refractivity contribution is 7.90. The Morgan fingerprint density at radius 1 is 1.53 bits per heavy atom. The number of anilines is 1. The van der Waals surface area contributed by atoms with Gasteiger partial charge in [0.2, 0.25) is 0 Å². The molecule has 0 unspecified atom stereocenters. The van der Waals surface area contributed by atoms with Gasteiger partial charge in [0, 0.05) is 19.0 Å². The summed E-state index contributed by atoms with van der Waals surface area (Å²) in [6.45, 7) is 0.411. The molecule has 7 heteroatoms. The Bertz CT molecular complexity index is 504. The largest absolute Gasteiger partial charge is 0.464 e. The standard InChI is InChI=1S/C10H16N2O4S/c1-16-10(13)9-6-8(11)7-12(9)4-3-5-17(2,14)15/h6-7H,3-5,11H2,1-2H3. The van der Waals surface area contributed by atoms with Gasteiger partial charge in [-0.2, -0.15) is 0 Å². The third-order valence-electron chi connectivity index (χ3n) is 2.23. The first-order chi connectivity index (χ1) is 7.83. The van der Waals surface area contributed by atoms with Crippen LogP contribution in [0.4, 0.5) is 5.69 Å². The fourth-order valence-corrected chi connectivity index (χ4v) is 2.14. The SMILES string of the molecule is COC(=O)c1cc(N)cn1CCCS(C)(=O)=O. The highest BCUT2D eigenvalue weighted by atomic mass is 32.2. The molecule has 17 heavy (non-hydrogen) atoms. The molecule has 0 saturated carbocycles. The molecule has 0 saturated heterocycles. The van der Waals surface area contributed by atoms with E-state index in [1.54, 1.807) is 10.8 Å². The van der Waals surface area contributed by atoms with Crippen molar-refractivity contribution in [1.82, 2.24) is 4.57 Å². The van der Waals surface area contributed by atoms with Gasteiger partial charge in [-0.1, -0.05) is 0 Å². The Morgan fingerprint density at radius 3 is 2.71 bits per heavy atom. The van der Waals surface area contributed by atoms with Crippen molar-refractivity contribution in [3.63, 3.8) is 0 Å². The Balaban J connectivity index is 2.74. The van der Waals surface area contributed by atoms with Crippen molar-refractivity contribution in [1.29, 1.82) is 0 Å². The van der Waals surface area contributed by atoms with Crippen molar-refractivity contribution in [2.75, 3.05) is 24.9 Å². The van der Waals surface area contributed by atoms with Gasteiger partial charge in [-0.3, -0.25) is 0 Å². The number of aryl methyl sites for hydroxylation is 1. The van der Waals surface area contributed by atoms with Crippen LogP contribution in [0.25, 0.3) is 0 Å². The van der Waals surface area contributed by atoms with Crippen molar-refractivity contribution >= 4 is 21.5 Å². The Kier molecular flexibility index (Phi) is 4.17. The molecular weight excluding hydrogens is 244 g/mol. The van der Waals surface area contributed by atoms with Gasteiger partial charge < -0.3 is 15.0 Å². The zero-order valence-corrected chi connectivity index (χ0v) is 10.7. The lowest BCUT2D eigenvalue weighted by molar-refractivity contribution is 0.0588. The number of rotatable bonds is 5. The van der Waals surface area contributed by atoms with E-state index in [1.165, 1.54) is 19.4 Å². The number of carbonyl (C=O) groups is 1. The molecule has 0 radical (unpaired) electrons. The van der Waals surface area contributed by atoms with Crippen molar-refractivity contribution in [2.45, 2.75) is 13.0 Å². The molecule has 0 fully saturated rings. The van der Waals surface area contributed by atoms with E-state index in [0.29, 0.717) is 24.3 Å².